The average molecular weight is 1720 g/mol. The number of pyridine rings is 1. The van der Waals surface area contributed by atoms with Gasteiger partial charge >= 0.3 is 0 Å². The van der Waals surface area contributed by atoms with Gasteiger partial charge in [0.05, 0.1) is 39.2 Å². The van der Waals surface area contributed by atoms with Crippen molar-refractivity contribution in [2.45, 2.75) is 90.9 Å². The Morgan fingerprint density at radius 1 is 0.271 bits per heavy atom. The number of para-hydroxylation sites is 5. The minimum Gasteiger partial charge on any atom is -0.456 e. The number of aromatic nitrogens is 7. The second-order valence-electron chi connectivity index (χ2n) is 37.2. The molecule has 11 heteroatoms. The first-order valence-electron chi connectivity index (χ1n) is 46.2. The number of nitrogens with zero attached hydrogens (tertiary/aromatic N) is 7. The molecule has 0 bridgehead atoms. The van der Waals surface area contributed by atoms with Gasteiger partial charge in [0.1, 0.15) is 50.4 Å². The van der Waals surface area contributed by atoms with Gasteiger partial charge in [-0.05, 0) is 189 Å². The highest BCUT2D eigenvalue weighted by Crippen LogP contribution is 2.62. The zero-order chi connectivity index (χ0) is 89.3. The van der Waals surface area contributed by atoms with E-state index in [1.54, 1.807) is 0 Å². The monoisotopic (exact) mass is 1720 g/mol. The molecule has 0 N–H and O–H groups in total. The molecular weight excluding hydrogens is 1630 g/mol. The Kier molecular flexibility index (Phi) is 18.0. The van der Waals surface area contributed by atoms with E-state index in [1.165, 1.54) is 83.3 Å². The van der Waals surface area contributed by atoms with Crippen LogP contribution in [0.3, 0.4) is 0 Å². The zero-order valence-electron chi connectivity index (χ0n) is 74.9. The van der Waals surface area contributed by atoms with Crippen molar-refractivity contribution in [3.05, 3.63) is 391 Å². The fourth-order valence-electron chi connectivity index (χ4n) is 22.4. The SMILES string of the molecule is CC(C)(C)C1(C)c2ccccc2-c2c1cc(-c1nc(-c3ccccc3)c3c(ccc4oc5ccccc5c43)n1)c1oc3ccccc3c21.CCC1(C)c2ccc(-c3nc(-c4ccccn4)c4ccccc4n3)cc2-c2ccc3c(oc4ccccc43)c21.CCC1(CC)c2ccccc2-c2ccc3c(oc4ccc(-c5nc(-c6ccc(-c7ccccc7)cc6)c6ccccc6n5)cc43)c21. The van der Waals surface area contributed by atoms with Crippen molar-refractivity contribution in [3.63, 3.8) is 0 Å². The summed E-state index contributed by atoms with van der Waals surface area (Å²) in [5.74, 6) is 2.06. The van der Waals surface area contributed by atoms with E-state index in [1.807, 2.05) is 91.1 Å². The highest BCUT2D eigenvalue weighted by Gasteiger charge is 2.50. The van der Waals surface area contributed by atoms with Crippen LogP contribution < -0.4 is 0 Å². The van der Waals surface area contributed by atoms with Gasteiger partial charge in [-0.25, -0.2) is 29.9 Å². The van der Waals surface area contributed by atoms with E-state index in [4.69, 9.17) is 47.6 Å². The second-order valence-corrected chi connectivity index (χ2v) is 37.2. The fourth-order valence-corrected chi connectivity index (χ4v) is 22.4. The molecule has 3 aliphatic rings. The van der Waals surface area contributed by atoms with Crippen LogP contribution in [-0.2, 0) is 16.2 Å². The van der Waals surface area contributed by atoms with Crippen LogP contribution in [0, 0.1) is 5.41 Å². The first kappa shape index (κ1) is 79.1. The van der Waals surface area contributed by atoms with Gasteiger partial charge in [-0.2, -0.15) is 0 Å². The summed E-state index contributed by atoms with van der Waals surface area (Å²) in [6.45, 7) is 18.6. The molecule has 27 rings (SSSR count). The second kappa shape index (κ2) is 30.2. The van der Waals surface area contributed by atoms with Gasteiger partial charge in [-0.3, -0.25) is 4.98 Å². The minimum absolute atomic E-state index is 0.0610. The maximum absolute atomic E-state index is 6.81. The Hall–Kier alpha value is -16.1. The van der Waals surface area contributed by atoms with Crippen molar-refractivity contribution in [3.8, 4) is 113 Å². The maximum atomic E-state index is 6.81. The van der Waals surface area contributed by atoms with Crippen molar-refractivity contribution in [2.24, 2.45) is 5.41 Å². The van der Waals surface area contributed by atoms with Gasteiger partial charge in [0.2, 0.25) is 0 Å². The van der Waals surface area contributed by atoms with Crippen LogP contribution in [0.15, 0.2) is 376 Å². The van der Waals surface area contributed by atoms with Crippen molar-refractivity contribution < 1.29 is 17.7 Å². The Balaban J connectivity index is 0.000000108. The third-order valence-corrected chi connectivity index (χ3v) is 29.6. The van der Waals surface area contributed by atoms with E-state index in [9.17, 15) is 0 Å². The standard InChI is InChI=1S/C44H32N2O2.C43H32N2O.C35H25N3O/c1-43(2,3)44(4)30-19-11-8-16-26(30)36-31(44)24-29(41-38(36)28-18-10-13-21-34(28)48-41)42-45-32-22-23-35-37(27-17-9-12-20-33(27)47-35)39(32)40(46-42)25-14-6-5-7-15-25;1-3-43(4-2)36-16-10-8-14-31(36)32-23-24-33-35-26-30(22-25-38(35)46-41(33)39(32)43)42-44-37-17-11-9-15-34(37)40(45-42)29-20-18-28(19-21-29)27-12-6-5-7-13-27;1-3-35(2)27-18-15-21(34-37-28-12-6-4-11-25(28)32(38-34)29-13-8-9-19-36-29)20-26(27)23-16-17-24-22-10-5-7-14-30(22)39-33(24)31(23)35/h5-24H,1-4H3;5-26H,3-4H2,1-2H3;4-20H,3H2,1-2H3. The van der Waals surface area contributed by atoms with Gasteiger partial charge < -0.3 is 17.7 Å². The molecule has 16 aromatic carbocycles. The van der Waals surface area contributed by atoms with E-state index in [-0.39, 0.29) is 21.7 Å². The fraction of sp³-hybridized carbons (Fsp3) is 0.123. The highest BCUT2D eigenvalue weighted by molar-refractivity contribution is 6.23. The van der Waals surface area contributed by atoms with Crippen LogP contribution in [0.5, 0.6) is 0 Å². The van der Waals surface area contributed by atoms with Crippen molar-refractivity contribution in [2.75, 3.05) is 0 Å². The summed E-state index contributed by atoms with van der Waals surface area (Å²) in [5.41, 5.74) is 35.8. The van der Waals surface area contributed by atoms with E-state index in [2.05, 4.69) is 327 Å². The lowest BCUT2D eigenvalue weighted by Crippen LogP contribution is -2.36. The lowest BCUT2D eigenvalue weighted by atomic mass is 9.62. The van der Waals surface area contributed by atoms with Crippen LogP contribution in [0.25, 0.3) is 233 Å². The number of hydrogen-bond acceptors (Lipinski definition) is 11. The summed E-state index contributed by atoms with van der Waals surface area (Å²) in [5, 5.41) is 11.9. The summed E-state index contributed by atoms with van der Waals surface area (Å²) < 4.78 is 26.4. The summed E-state index contributed by atoms with van der Waals surface area (Å²) in [6, 6.07) is 123. The molecule has 3 aliphatic carbocycles. The maximum Gasteiger partial charge on any atom is 0.164 e. The number of rotatable bonds is 10. The quantitative estimate of drug-likeness (QED) is 0.129. The predicted molar refractivity (Wildman–Crippen MR) is 544 cm³/mol. The van der Waals surface area contributed by atoms with E-state index >= 15 is 0 Å². The zero-order valence-corrected chi connectivity index (χ0v) is 74.9. The first-order chi connectivity index (χ1) is 65.2. The average Bonchev–Trinajstić information content (AvgIpc) is 1.46. The van der Waals surface area contributed by atoms with Crippen LogP contribution in [0.4, 0.5) is 0 Å². The largest absolute Gasteiger partial charge is 0.456 e. The molecule has 24 aromatic rings. The van der Waals surface area contributed by atoms with Crippen molar-refractivity contribution >= 4 is 120 Å². The van der Waals surface area contributed by atoms with Gasteiger partial charge in [-0.15, -0.1) is 0 Å². The van der Waals surface area contributed by atoms with Gasteiger partial charge in [0, 0.05) is 115 Å². The van der Waals surface area contributed by atoms with Gasteiger partial charge in [-0.1, -0.05) is 310 Å². The van der Waals surface area contributed by atoms with Crippen molar-refractivity contribution in [1.82, 2.24) is 34.9 Å². The first-order valence-corrected chi connectivity index (χ1v) is 46.2. The Morgan fingerprint density at radius 3 is 1.45 bits per heavy atom. The molecule has 11 nitrogen and oxygen atoms in total. The number of furan rings is 4. The molecule has 2 unspecified atom stereocenters. The lowest BCUT2D eigenvalue weighted by Gasteiger charge is -2.41. The van der Waals surface area contributed by atoms with Crippen LogP contribution in [0.1, 0.15) is 108 Å². The Labute approximate surface area is 768 Å². The minimum atomic E-state index is -0.263. The smallest absolute Gasteiger partial charge is 0.164 e. The topological polar surface area (TPSA) is 143 Å². The molecule has 0 amide bonds. The van der Waals surface area contributed by atoms with Crippen molar-refractivity contribution in [1.29, 1.82) is 0 Å². The van der Waals surface area contributed by atoms with E-state index in [0.29, 0.717) is 17.5 Å². The molecule has 133 heavy (non-hydrogen) atoms. The normalized spacial score (nSPS) is 15.1. The lowest BCUT2D eigenvalue weighted by molar-refractivity contribution is 0.255. The molecule has 0 aliphatic heterocycles. The molecule has 0 saturated heterocycles. The summed E-state index contributed by atoms with van der Waals surface area (Å²) in [7, 11) is 0. The van der Waals surface area contributed by atoms with Crippen LogP contribution >= 0.6 is 0 Å². The highest BCUT2D eigenvalue weighted by atomic mass is 16.3. The Morgan fingerprint density at radius 2 is 0.767 bits per heavy atom. The van der Waals surface area contributed by atoms with Gasteiger partial charge in [0.25, 0.3) is 0 Å². The van der Waals surface area contributed by atoms with Gasteiger partial charge in [0.15, 0.2) is 17.5 Å². The van der Waals surface area contributed by atoms with Crippen LogP contribution in [0.2, 0.25) is 0 Å². The molecule has 0 fully saturated rings. The van der Waals surface area contributed by atoms with E-state index in [0.717, 1.165) is 185 Å². The number of fused-ring (bicyclic) bond motifs is 28. The molecule has 0 saturated carbocycles. The summed E-state index contributed by atoms with van der Waals surface area (Å²) in [4.78, 5) is 35.8. The van der Waals surface area contributed by atoms with Crippen LogP contribution in [-0.4, -0.2) is 34.9 Å². The molecule has 2 atom stereocenters. The molecule has 0 radical (unpaired) electrons. The molecule has 8 aromatic heterocycles. The summed E-state index contributed by atoms with van der Waals surface area (Å²) >= 11 is 0. The predicted octanol–water partition coefficient (Wildman–Crippen LogP) is 32.7. The molecular formula is C122H89N7O4. The molecule has 0 spiro atoms. The number of hydrogen-bond donors (Lipinski definition) is 0. The van der Waals surface area contributed by atoms with E-state index < -0.39 is 0 Å². The summed E-state index contributed by atoms with van der Waals surface area (Å²) in [6.07, 6.45) is 4.82. The Bertz CT molecular complexity index is 8920. The third kappa shape index (κ3) is 12.0. The third-order valence-electron chi connectivity index (χ3n) is 29.6. The molecule has 636 valence electrons. The molecule has 8 heterocycles. The number of benzene rings is 16.